The van der Waals surface area contributed by atoms with Crippen LogP contribution in [0.4, 0.5) is 10.7 Å². The number of hydrogen-bond acceptors (Lipinski definition) is 8. The molecule has 0 aliphatic carbocycles. The molecule has 41 heavy (non-hydrogen) atoms. The third-order valence-electron chi connectivity index (χ3n) is 6.76. The van der Waals surface area contributed by atoms with Gasteiger partial charge in [0.05, 0.1) is 23.2 Å². The van der Waals surface area contributed by atoms with Crippen molar-refractivity contribution < 1.29 is 27.5 Å². The van der Waals surface area contributed by atoms with Gasteiger partial charge in [-0.1, -0.05) is 24.3 Å². The van der Waals surface area contributed by atoms with E-state index in [1.807, 2.05) is 32.0 Å². The highest BCUT2D eigenvalue weighted by Gasteiger charge is 2.35. The van der Waals surface area contributed by atoms with Crippen molar-refractivity contribution in [2.45, 2.75) is 63.7 Å². The summed E-state index contributed by atoms with van der Waals surface area (Å²) in [6, 6.07) is 12.8. The molecular weight excluding hydrogens is 546 g/mol. The molecule has 1 fully saturated rings. The van der Waals surface area contributed by atoms with E-state index in [2.05, 4.69) is 20.0 Å². The van der Waals surface area contributed by atoms with E-state index in [1.165, 1.54) is 18.2 Å². The molecule has 2 N–H and O–H groups in total. The van der Waals surface area contributed by atoms with E-state index < -0.39 is 33.9 Å². The summed E-state index contributed by atoms with van der Waals surface area (Å²) in [4.78, 5) is 36.5. The van der Waals surface area contributed by atoms with Gasteiger partial charge >= 0.3 is 6.09 Å². The van der Waals surface area contributed by atoms with E-state index in [-0.39, 0.29) is 41.3 Å². The summed E-state index contributed by atoms with van der Waals surface area (Å²) in [5.74, 6) is -0.413. The predicted octanol–water partition coefficient (Wildman–Crippen LogP) is 4.06. The van der Waals surface area contributed by atoms with E-state index in [0.717, 1.165) is 16.7 Å². The molecule has 3 heterocycles. The van der Waals surface area contributed by atoms with Crippen molar-refractivity contribution in [2.24, 2.45) is 0 Å². The molecule has 11 nitrogen and oxygen atoms in total. The lowest BCUT2D eigenvalue weighted by atomic mass is 10.00. The van der Waals surface area contributed by atoms with Crippen LogP contribution in [0.15, 0.2) is 53.4 Å². The highest BCUT2D eigenvalue weighted by atomic mass is 32.2. The van der Waals surface area contributed by atoms with Gasteiger partial charge in [-0.2, -0.15) is 4.98 Å². The lowest BCUT2D eigenvalue weighted by molar-refractivity contribution is 0.0315. The van der Waals surface area contributed by atoms with Gasteiger partial charge in [0.15, 0.2) is 0 Å². The summed E-state index contributed by atoms with van der Waals surface area (Å²) in [6.45, 7) is 9.59. The number of carbonyl (C=O) groups excluding carboxylic acids is 2. The number of piperidine rings is 1. The summed E-state index contributed by atoms with van der Waals surface area (Å²) in [6.07, 6.45) is -0.804. The zero-order valence-electron chi connectivity index (χ0n) is 23.6. The minimum absolute atomic E-state index is 0.108. The maximum absolute atomic E-state index is 13.6. The molecule has 0 saturated carbocycles. The Labute approximate surface area is 239 Å². The molecule has 2 aliphatic rings. The second-order valence-electron chi connectivity index (χ2n) is 11.3. The van der Waals surface area contributed by atoms with E-state index in [9.17, 15) is 18.0 Å². The Morgan fingerprint density at radius 1 is 1.07 bits per heavy atom. The first-order valence-corrected chi connectivity index (χ1v) is 14.8. The quantitative estimate of drug-likeness (QED) is 0.463. The van der Waals surface area contributed by atoms with Crippen LogP contribution in [-0.2, 0) is 14.8 Å². The minimum atomic E-state index is -4.14. The molecule has 2 unspecified atom stereocenters. The zero-order chi connectivity index (χ0) is 29.5. The number of fused-ring (bicyclic) bond motifs is 6. The normalized spacial score (nSPS) is 19.9. The van der Waals surface area contributed by atoms with Gasteiger partial charge in [-0.3, -0.25) is 4.79 Å². The van der Waals surface area contributed by atoms with Crippen molar-refractivity contribution in [3.63, 3.8) is 0 Å². The zero-order valence-corrected chi connectivity index (χ0v) is 24.4. The number of carbonyl (C=O) groups is 2. The number of aromatic nitrogens is 2. The lowest BCUT2D eigenvalue weighted by Gasteiger charge is -2.38. The van der Waals surface area contributed by atoms with Gasteiger partial charge in [0, 0.05) is 30.2 Å². The van der Waals surface area contributed by atoms with Gasteiger partial charge in [-0.25, -0.2) is 22.9 Å². The number of anilines is 1. The number of hydrogen-bond donors (Lipinski definition) is 2. The number of sulfonamides is 1. The van der Waals surface area contributed by atoms with Crippen molar-refractivity contribution in [3.8, 4) is 17.1 Å². The van der Waals surface area contributed by atoms with Crippen molar-refractivity contribution in [1.82, 2.24) is 20.2 Å². The van der Waals surface area contributed by atoms with Crippen molar-refractivity contribution in [1.29, 1.82) is 0 Å². The third kappa shape index (κ3) is 6.43. The van der Waals surface area contributed by atoms with Gasteiger partial charge in [0.25, 0.3) is 15.9 Å². The van der Waals surface area contributed by atoms with Gasteiger partial charge < -0.3 is 19.7 Å². The SMILES string of the molecule is Cc1cccc(C)c1-c1cc2nc(n1)NS(=O)(=O)c1cccc(c1)C(=O)N1CC(NC(=O)OC(C)(C)C)CC(C1)O2. The number of rotatable bonds is 2. The molecule has 2 amide bonds. The van der Waals surface area contributed by atoms with Crippen LogP contribution in [0.25, 0.3) is 11.3 Å². The van der Waals surface area contributed by atoms with Crippen LogP contribution >= 0.6 is 0 Å². The molecule has 2 atom stereocenters. The number of aryl methyl sites for hydroxylation is 2. The largest absolute Gasteiger partial charge is 0.472 e. The molecule has 2 aliphatic heterocycles. The van der Waals surface area contributed by atoms with Crippen molar-refractivity contribution in [2.75, 3.05) is 17.8 Å². The lowest BCUT2D eigenvalue weighted by Crippen LogP contribution is -2.56. The first kappa shape index (κ1) is 28.3. The van der Waals surface area contributed by atoms with Crippen LogP contribution < -0.4 is 14.8 Å². The van der Waals surface area contributed by atoms with E-state index in [4.69, 9.17) is 9.47 Å². The Morgan fingerprint density at radius 3 is 2.49 bits per heavy atom. The fraction of sp³-hybridized carbons (Fsp3) is 0.379. The maximum Gasteiger partial charge on any atom is 0.407 e. The molecule has 1 saturated heterocycles. The van der Waals surface area contributed by atoms with Gasteiger partial charge in [0.1, 0.15) is 11.7 Å². The second kappa shape index (κ2) is 10.7. The number of nitrogens with zero attached hydrogens (tertiary/aromatic N) is 3. The van der Waals surface area contributed by atoms with Crippen molar-refractivity contribution in [3.05, 3.63) is 65.2 Å². The molecule has 0 radical (unpaired) electrons. The summed E-state index contributed by atoms with van der Waals surface area (Å²) in [5, 5.41) is 2.85. The summed E-state index contributed by atoms with van der Waals surface area (Å²) in [7, 11) is -4.14. The number of ether oxygens (including phenoxy) is 2. The average molecular weight is 580 g/mol. The number of amides is 2. The van der Waals surface area contributed by atoms with Crippen LogP contribution in [0.2, 0.25) is 0 Å². The molecule has 1 aromatic heterocycles. The molecule has 2 aromatic carbocycles. The molecule has 12 heteroatoms. The topological polar surface area (TPSA) is 140 Å². The van der Waals surface area contributed by atoms with E-state index in [1.54, 1.807) is 37.8 Å². The molecule has 3 aromatic rings. The molecule has 216 valence electrons. The Bertz CT molecular complexity index is 1600. The standard InChI is InChI=1S/C29H33N5O6S/c1-17-8-6-9-18(2)25(17)23-14-24-32-27(31-23)33-41(37,38)22-11-7-10-19(12-22)26(35)34-15-20(13-21(16-34)39-24)30-28(36)40-29(3,4)5/h6-12,14,20-21H,13,15-16H2,1-5H3,(H,30,36)(H,31,32,33). The average Bonchev–Trinajstić information content (AvgIpc) is 2.86. The first-order valence-electron chi connectivity index (χ1n) is 13.3. The van der Waals surface area contributed by atoms with E-state index >= 15 is 0 Å². The molecular formula is C29H33N5O6S. The Morgan fingerprint density at radius 2 is 1.78 bits per heavy atom. The van der Waals surface area contributed by atoms with Gasteiger partial charge in [-0.15, -0.1) is 0 Å². The highest BCUT2D eigenvalue weighted by Crippen LogP contribution is 2.31. The summed E-state index contributed by atoms with van der Waals surface area (Å²) >= 11 is 0. The molecule has 0 spiro atoms. The highest BCUT2D eigenvalue weighted by molar-refractivity contribution is 7.92. The number of benzene rings is 2. The number of nitrogens with one attached hydrogen (secondary N) is 2. The third-order valence-corrected chi connectivity index (χ3v) is 8.09. The van der Waals surface area contributed by atoms with Crippen molar-refractivity contribution >= 4 is 28.0 Å². The van der Waals surface area contributed by atoms with Gasteiger partial charge in [0.2, 0.25) is 11.8 Å². The fourth-order valence-electron chi connectivity index (χ4n) is 5.09. The Hall–Kier alpha value is -4.19. The smallest absolute Gasteiger partial charge is 0.407 e. The molecule has 6 bridgehead atoms. The van der Waals surface area contributed by atoms with Crippen LogP contribution in [0.5, 0.6) is 5.88 Å². The fourth-order valence-corrected chi connectivity index (χ4v) is 6.08. The Balaban J connectivity index is 1.60. The van der Waals surface area contributed by atoms with Crippen LogP contribution in [0, 0.1) is 13.8 Å². The predicted molar refractivity (Wildman–Crippen MR) is 152 cm³/mol. The maximum atomic E-state index is 13.6. The number of alkyl carbamates (subject to hydrolysis) is 1. The van der Waals surface area contributed by atoms with Crippen LogP contribution in [0.3, 0.4) is 0 Å². The first-order chi connectivity index (χ1) is 19.3. The monoisotopic (exact) mass is 579 g/mol. The Kier molecular flexibility index (Phi) is 7.37. The van der Waals surface area contributed by atoms with Gasteiger partial charge in [-0.05, 0) is 63.9 Å². The van der Waals surface area contributed by atoms with Crippen LogP contribution in [0.1, 0.15) is 48.7 Å². The summed E-state index contributed by atoms with van der Waals surface area (Å²) < 4.78 is 40.9. The summed E-state index contributed by atoms with van der Waals surface area (Å²) in [5.41, 5.74) is 2.71. The van der Waals surface area contributed by atoms with Crippen LogP contribution in [-0.4, -0.2) is 66.1 Å². The molecule has 5 rings (SSSR count). The second-order valence-corrected chi connectivity index (χ2v) is 13.0. The minimum Gasteiger partial charge on any atom is -0.472 e. The van der Waals surface area contributed by atoms with E-state index in [0.29, 0.717) is 12.1 Å².